The Balaban J connectivity index is 1.55. The van der Waals surface area contributed by atoms with Crippen molar-refractivity contribution < 1.29 is 4.42 Å². The van der Waals surface area contributed by atoms with E-state index in [1.54, 1.807) is 0 Å². The lowest BCUT2D eigenvalue weighted by atomic mass is 10.0. The molecule has 3 heteroatoms. The Bertz CT molecular complexity index is 553. The largest absolute Gasteiger partial charge is 0.464 e. The first-order chi connectivity index (χ1) is 9.74. The monoisotopic (exact) mass is 272 g/mol. The lowest BCUT2D eigenvalue weighted by Crippen LogP contribution is -2.44. The average Bonchev–Trinajstić information content (AvgIpc) is 2.89. The summed E-state index contributed by atoms with van der Waals surface area (Å²) in [4.78, 5) is 2.56. The molecule has 1 fully saturated rings. The minimum Gasteiger partial charge on any atom is -0.464 e. The van der Waals surface area contributed by atoms with Crippen molar-refractivity contribution >= 4 is 11.0 Å². The minimum atomic E-state index is 0.638. The van der Waals surface area contributed by atoms with Crippen molar-refractivity contribution in [1.82, 2.24) is 10.2 Å². The number of hydrogen-bond donors (Lipinski definition) is 1. The normalized spacial score (nSPS) is 18.1. The van der Waals surface area contributed by atoms with Gasteiger partial charge in [0.15, 0.2) is 0 Å². The molecule has 1 N–H and O–H groups in total. The average molecular weight is 272 g/mol. The lowest BCUT2D eigenvalue weighted by Gasteiger charge is -2.35. The van der Waals surface area contributed by atoms with Crippen LogP contribution in [0.1, 0.15) is 32.3 Å². The van der Waals surface area contributed by atoms with Crippen LogP contribution in [0.25, 0.3) is 11.0 Å². The van der Waals surface area contributed by atoms with Gasteiger partial charge in [-0.05, 0) is 45.8 Å². The van der Waals surface area contributed by atoms with E-state index in [9.17, 15) is 0 Å². The number of nitrogens with one attached hydrogen (secondary N) is 1. The summed E-state index contributed by atoms with van der Waals surface area (Å²) in [5.74, 6) is 0. The third-order valence-corrected chi connectivity index (χ3v) is 4.40. The topological polar surface area (TPSA) is 28.4 Å². The molecule has 1 aromatic heterocycles. The molecule has 0 radical (unpaired) electrons. The van der Waals surface area contributed by atoms with Gasteiger partial charge in [0.25, 0.3) is 0 Å². The van der Waals surface area contributed by atoms with Gasteiger partial charge < -0.3 is 14.6 Å². The predicted molar refractivity (Wildman–Crippen MR) is 82.8 cm³/mol. The first-order valence-corrected chi connectivity index (χ1v) is 7.66. The summed E-state index contributed by atoms with van der Waals surface area (Å²) in [6.45, 7) is 7.89. The Hall–Kier alpha value is -1.32. The van der Waals surface area contributed by atoms with E-state index in [-0.39, 0.29) is 0 Å². The number of para-hydroxylation sites is 1. The SMILES string of the molecule is CC(C)N1CCC(NCc2coc3ccccc23)CC1. The third-order valence-electron chi connectivity index (χ3n) is 4.40. The highest BCUT2D eigenvalue weighted by molar-refractivity contribution is 5.80. The molecule has 0 saturated carbocycles. The summed E-state index contributed by atoms with van der Waals surface area (Å²) in [7, 11) is 0. The zero-order valence-corrected chi connectivity index (χ0v) is 12.4. The Labute approximate surface area is 120 Å². The summed E-state index contributed by atoms with van der Waals surface area (Å²) >= 11 is 0. The molecule has 0 atom stereocenters. The van der Waals surface area contributed by atoms with Crippen LogP contribution in [0.5, 0.6) is 0 Å². The Morgan fingerprint density at radius 1 is 1.25 bits per heavy atom. The van der Waals surface area contributed by atoms with Crippen LogP contribution in [0.3, 0.4) is 0 Å². The van der Waals surface area contributed by atoms with Gasteiger partial charge in [-0.2, -0.15) is 0 Å². The van der Waals surface area contributed by atoms with E-state index in [1.165, 1.54) is 36.9 Å². The number of fused-ring (bicyclic) bond motifs is 1. The zero-order chi connectivity index (χ0) is 13.9. The van der Waals surface area contributed by atoms with Gasteiger partial charge in [-0.25, -0.2) is 0 Å². The molecule has 1 saturated heterocycles. The fourth-order valence-electron chi connectivity index (χ4n) is 3.04. The molecule has 2 heterocycles. The van der Waals surface area contributed by atoms with E-state index in [2.05, 4.69) is 36.2 Å². The van der Waals surface area contributed by atoms with Crippen LogP contribution in [0.4, 0.5) is 0 Å². The smallest absolute Gasteiger partial charge is 0.134 e. The van der Waals surface area contributed by atoms with E-state index < -0.39 is 0 Å². The number of likely N-dealkylation sites (tertiary alicyclic amines) is 1. The number of hydrogen-bond acceptors (Lipinski definition) is 3. The standard InChI is InChI=1S/C17H24N2O/c1-13(2)19-9-7-15(8-10-19)18-11-14-12-20-17-6-4-3-5-16(14)17/h3-6,12-13,15,18H,7-11H2,1-2H3. The number of furan rings is 1. The Kier molecular flexibility index (Phi) is 4.08. The molecular formula is C17H24N2O. The summed E-state index contributed by atoms with van der Waals surface area (Å²) in [5, 5.41) is 4.92. The second-order valence-corrected chi connectivity index (χ2v) is 6.04. The summed E-state index contributed by atoms with van der Waals surface area (Å²) in [6, 6.07) is 9.57. The molecule has 0 aliphatic carbocycles. The first-order valence-electron chi connectivity index (χ1n) is 7.66. The van der Waals surface area contributed by atoms with Gasteiger partial charge in [-0.15, -0.1) is 0 Å². The quantitative estimate of drug-likeness (QED) is 0.924. The van der Waals surface area contributed by atoms with Crippen molar-refractivity contribution in [2.45, 2.75) is 45.3 Å². The van der Waals surface area contributed by atoms with E-state index >= 15 is 0 Å². The molecule has 0 bridgehead atoms. The van der Waals surface area contributed by atoms with Crippen molar-refractivity contribution in [3.63, 3.8) is 0 Å². The minimum absolute atomic E-state index is 0.638. The molecule has 0 amide bonds. The molecule has 3 nitrogen and oxygen atoms in total. The molecule has 1 aromatic carbocycles. The van der Waals surface area contributed by atoms with E-state index in [4.69, 9.17) is 4.42 Å². The predicted octanol–water partition coefficient (Wildman–Crippen LogP) is 3.40. The van der Waals surface area contributed by atoms with E-state index in [0.717, 1.165) is 12.1 Å². The number of benzene rings is 1. The summed E-state index contributed by atoms with van der Waals surface area (Å²) in [6.07, 6.45) is 4.38. The van der Waals surface area contributed by atoms with Gasteiger partial charge in [0.2, 0.25) is 0 Å². The molecule has 0 spiro atoms. The molecule has 108 valence electrons. The third kappa shape index (κ3) is 2.89. The van der Waals surface area contributed by atoms with Gasteiger partial charge in [0, 0.05) is 29.6 Å². The molecule has 2 aromatic rings. The van der Waals surface area contributed by atoms with Crippen molar-refractivity contribution in [2.75, 3.05) is 13.1 Å². The van der Waals surface area contributed by atoms with Crippen LogP contribution in [-0.4, -0.2) is 30.1 Å². The zero-order valence-electron chi connectivity index (χ0n) is 12.4. The molecule has 0 unspecified atom stereocenters. The fraction of sp³-hybridized carbons (Fsp3) is 0.529. The number of nitrogens with zero attached hydrogens (tertiary/aromatic N) is 1. The second kappa shape index (κ2) is 5.98. The summed E-state index contributed by atoms with van der Waals surface area (Å²) in [5.41, 5.74) is 2.26. The maximum Gasteiger partial charge on any atom is 0.134 e. The molecular weight excluding hydrogens is 248 g/mol. The maximum atomic E-state index is 5.59. The van der Waals surface area contributed by atoms with E-state index in [1.807, 2.05) is 18.4 Å². The van der Waals surface area contributed by atoms with Crippen LogP contribution < -0.4 is 5.32 Å². The highest BCUT2D eigenvalue weighted by Gasteiger charge is 2.20. The lowest BCUT2D eigenvalue weighted by molar-refractivity contribution is 0.161. The molecule has 20 heavy (non-hydrogen) atoms. The van der Waals surface area contributed by atoms with Gasteiger partial charge in [-0.3, -0.25) is 0 Å². The van der Waals surface area contributed by atoms with Crippen LogP contribution in [0.2, 0.25) is 0 Å². The van der Waals surface area contributed by atoms with Crippen molar-refractivity contribution in [3.05, 3.63) is 36.1 Å². The molecule has 3 rings (SSSR count). The van der Waals surface area contributed by atoms with Crippen LogP contribution in [0, 0.1) is 0 Å². The number of piperidine rings is 1. The summed E-state index contributed by atoms with van der Waals surface area (Å²) < 4.78 is 5.59. The van der Waals surface area contributed by atoms with Gasteiger partial charge in [-0.1, -0.05) is 18.2 Å². The van der Waals surface area contributed by atoms with Crippen molar-refractivity contribution in [2.24, 2.45) is 0 Å². The maximum absolute atomic E-state index is 5.59. The van der Waals surface area contributed by atoms with Crippen molar-refractivity contribution in [1.29, 1.82) is 0 Å². The van der Waals surface area contributed by atoms with E-state index in [0.29, 0.717) is 12.1 Å². The van der Waals surface area contributed by atoms with Crippen LogP contribution in [0.15, 0.2) is 34.9 Å². The Morgan fingerprint density at radius 2 is 2.00 bits per heavy atom. The van der Waals surface area contributed by atoms with Crippen LogP contribution in [-0.2, 0) is 6.54 Å². The highest BCUT2D eigenvalue weighted by Crippen LogP contribution is 2.21. The fourth-order valence-corrected chi connectivity index (χ4v) is 3.04. The van der Waals surface area contributed by atoms with Gasteiger partial charge in [0.1, 0.15) is 5.58 Å². The molecule has 1 aliphatic heterocycles. The molecule has 1 aliphatic rings. The van der Waals surface area contributed by atoms with Gasteiger partial charge in [0.05, 0.1) is 6.26 Å². The highest BCUT2D eigenvalue weighted by atomic mass is 16.3. The first kappa shape index (κ1) is 13.7. The van der Waals surface area contributed by atoms with Gasteiger partial charge >= 0.3 is 0 Å². The van der Waals surface area contributed by atoms with Crippen molar-refractivity contribution in [3.8, 4) is 0 Å². The van der Waals surface area contributed by atoms with Crippen LogP contribution >= 0.6 is 0 Å². The number of rotatable bonds is 4. The second-order valence-electron chi connectivity index (χ2n) is 6.04. The Morgan fingerprint density at radius 3 is 2.75 bits per heavy atom.